The lowest BCUT2D eigenvalue weighted by molar-refractivity contribution is -0.121. The monoisotopic (exact) mass is 424 g/mol. The fourth-order valence-corrected chi connectivity index (χ4v) is 3.51. The molecule has 152 valence electrons. The molecule has 0 aliphatic heterocycles. The highest BCUT2D eigenvalue weighted by atomic mass is 32.2. The highest BCUT2D eigenvalue weighted by Crippen LogP contribution is 2.26. The van der Waals surface area contributed by atoms with Gasteiger partial charge in [0.05, 0.1) is 11.2 Å². The Morgan fingerprint density at radius 1 is 0.966 bits per heavy atom. The molecule has 2 aromatic carbocycles. The summed E-state index contributed by atoms with van der Waals surface area (Å²) in [5, 5.41) is 2.56. The van der Waals surface area contributed by atoms with Crippen molar-refractivity contribution in [2.24, 2.45) is 0 Å². The van der Waals surface area contributed by atoms with Crippen molar-refractivity contribution in [1.82, 2.24) is 4.72 Å². The molecule has 0 atom stereocenters. The molecule has 6 nitrogen and oxygen atoms in total. The zero-order valence-corrected chi connectivity index (χ0v) is 15.5. The molecule has 0 saturated heterocycles. The van der Waals surface area contributed by atoms with Crippen LogP contribution in [0.15, 0.2) is 76.2 Å². The van der Waals surface area contributed by atoms with Crippen LogP contribution in [0.5, 0.6) is 0 Å². The molecule has 0 saturated carbocycles. The Morgan fingerprint density at radius 3 is 2.24 bits per heavy atom. The fraction of sp³-hybridized carbons (Fsp3) is 0.105. The summed E-state index contributed by atoms with van der Waals surface area (Å²) < 4.78 is 67.2. The van der Waals surface area contributed by atoms with E-state index in [4.69, 9.17) is 4.42 Å². The summed E-state index contributed by atoms with van der Waals surface area (Å²) in [5.74, 6) is -0.487. The van der Waals surface area contributed by atoms with Crippen molar-refractivity contribution in [2.75, 3.05) is 11.9 Å². The SMILES string of the molecule is O=C(Nc1ccc(S(=O)(=O)NCC(F)(F)F)cc1)c1occc1-c1ccccc1. The van der Waals surface area contributed by atoms with Gasteiger partial charge in [0.25, 0.3) is 5.91 Å². The minimum absolute atomic E-state index is 0.0692. The summed E-state index contributed by atoms with van der Waals surface area (Å²) >= 11 is 0. The summed E-state index contributed by atoms with van der Waals surface area (Å²) in [6.45, 7) is -1.67. The van der Waals surface area contributed by atoms with Gasteiger partial charge >= 0.3 is 6.18 Å². The molecule has 0 spiro atoms. The summed E-state index contributed by atoms with van der Waals surface area (Å²) in [6, 6.07) is 15.5. The van der Waals surface area contributed by atoms with Crippen molar-refractivity contribution in [2.45, 2.75) is 11.1 Å². The molecule has 0 unspecified atom stereocenters. The van der Waals surface area contributed by atoms with E-state index in [-0.39, 0.29) is 16.3 Å². The minimum Gasteiger partial charge on any atom is -0.459 e. The number of hydrogen-bond donors (Lipinski definition) is 2. The molecule has 1 aromatic heterocycles. The number of benzene rings is 2. The largest absolute Gasteiger partial charge is 0.459 e. The van der Waals surface area contributed by atoms with E-state index in [1.165, 1.54) is 23.1 Å². The third-order valence-electron chi connectivity index (χ3n) is 3.84. The van der Waals surface area contributed by atoms with E-state index in [9.17, 15) is 26.4 Å². The molecule has 3 aromatic rings. The highest BCUT2D eigenvalue weighted by Gasteiger charge is 2.30. The van der Waals surface area contributed by atoms with Crippen molar-refractivity contribution in [3.05, 3.63) is 72.7 Å². The standard InChI is InChI=1S/C19H15F3N2O4S/c20-19(21,22)12-23-29(26,27)15-8-6-14(7-9-15)24-18(25)17-16(10-11-28-17)13-4-2-1-3-5-13/h1-11,23H,12H2,(H,24,25). The Kier molecular flexibility index (Phi) is 5.76. The average Bonchev–Trinajstić information content (AvgIpc) is 3.17. The lowest BCUT2D eigenvalue weighted by Crippen LogP contribution is -2.33. The molecular formula is C19H15F3N2O4S. The first-order chi connectivity index (χ1) is 13.7. The Balaban J connectivity index is 1.73. The van der Waals surface area contributed by atoms with E-state index in [0.29, 0.717) is 5.56 Å². The second kappa shape index (κ2) is 8.10. The van der Waals surface area contributed by atoms with E-state index >= 15 is 0 Å². The van der Waals surface area contributed by atoms with E-state index in [0.717, 1.165) is 17.7 Å². The maximum atomic E-state index is 12.5. The lowest BCUT2D eigenvalue weighted by atomic mass is 10.1. The van der Waals surface area contributed by atoms with Gasteiger partial charge in [0.15, 0.2) is 5.76 Å². The van der Waals surface area contributed by atoms with Crippen molar-refractivity contribution >= 4 is 21.6 Å². The first kappa shape index (κ1) is 20.6. The molecule has 0 radical (unpaired) electrons. The zero-order valence-electron chi connectivity index (χ0n) is 14.7. The third-order valence-corrected chi connectivity index (χ3v) is 5.26. The van der Waals surface area contributed by atoms with Gasteiger partial charge in [-0.15, -0.1) is 0 Å². The van der Waals surface area contributed by atoms with Gasteiger partial charge in [-0.2, -0.15) is 13.2 Å². The predicted octanol–water partition coefficient (Wildman–Crippen LogP) is 4.04. The van der Waals surface area contributed by atoms with Crippen LogP contribution < -0.4 is 10.0 Å². The quantitative estimate of drug-likeness (QED) is 0.625. The molecule has 0 bridgehead atoms. The van der Waals surface area contributed by atoms with Gasteiger partial charge in [0.1, 0.15) is 6.54 Å². The lowest BCUT2D eigenvalue weighted by Gasteiger charge is -2.10. The molecule has 29 heavy (non-hydrogen) atoms. The Labute approximate surface area is 164 Å². The smallest absolute Gasteiger partial charge is 0.402 e. The van der Waals surface area contributed by atoms with Gasteiger partial charge in [-0.1, -0.05) is 30.3 Å². The first-order valence-corrected chi connectivity index (χ1v) is 9.75. The summed E-state index contributed by atoms with van der Waals surface area (Å²) in [5.41, 5.74) is 1.61. The summed E-state index contributed by atoms with van der Waals surface area (Å²) in [6.07, 6.45) is -3.29. The second-order valence-corrected chi connectivity index (χ2v) is 7.71. The molecule has 0 aliphatic carbocycles. The van der Waals surface area contributed by atoms with Gasteiger partial charge in [-0.3, -0.25) is 4.79 Å². The van der Waals surface area contributed by atoms with E-state index in [2.05, 4.69) is 5.32 Å². The van der Waals surface area contributed by atoms with E-state index < -0.39 is 28.7 Å². The average molecular weight is 424 g/mol. The number of nitrogens with one attached hydrogen (secondary N) is 2. The molecule has 1 heterocycles. The van der Waals surface area contributed by atoms with Gasteiger partial charge in [0, 0.05) is 11.3 Å². The van der Waals surface area contributed by atoms with Crippen LogP contribution in [0, 0.1) is 0 Å². The zero-order chi connectivity index (χ0) is 21.1. The van der Waals surface area contributed by atoms with Crippen LogP contribution in [0.3, 0.4) is 0 Å². The Bertz CT molecular complexity index is 1090. The number of hydrogen-bond acceptors (Lipinski definition) is 4. The Morgan fingerprint density at radius 2 is 1.62 bits per heavy atom. The summed E-state index contributed by atoms with van der Waals surface area (Å²) in [7, 11) is -4.33. The van der Waals surface area contributed by atoms with Crippen molar-refractivity contribution < 1.29 is 30.8 Å². The maximum absolute atomic E-state index is 12.5. The second-order valence-electron chi connectivity index (χ2n) is 5.95. The van der Waals surface area contributed by atoms with Crippen LogP contribution >= 0.6 is 0 Å². The number of alkyl halides is 3. The Hall–Kier alpha value is -3.11. The van der Waals surface area contributed by atoms with Gasteiger partial charge in [-0.05, 0) is 35.9 Å². The van der Waals surface area contributed by atoms with E-state index in [1.807, 2.05) is 30.3 Å². The predicted molar refractivity (Wildman–Crippen MR) is 99.8 cm³/mol. The topological polar surface area (TPSA) is 88.4 Å². The minimum atomic E-state index is -4.67. The van der Waals surface area contributed by atoms with Crippen LogP contribution in [-0.2, 0) is 10.0 Å². The molecule has 0 fully saturated rings. The van der Waals surface area contributed by atoms with E-state index in [1.54, 1.807) is 6.07 Å². The molecule has 1 amide bonds. The van der Waals surface area contributed by atoms with Crippen LogP contribution in [0.25, 0.3) is 11.1 Å². The first-order valence-electron chi connectivity index (χ1n) is 8.26. The maximum Gasteiger partial charge on any atom is 0.402 e. The number of carbonyl (C=O) groups excluding carboxylic acids is 1. The molecule has 3 rings (SSSR count). The normalized spacial score (nSPS) is 12.0. The third kappa shape index (κ3) is 5.24. The van der Waals surface area contributed by atoms with Crippen LogP contribution in [0.2, 0.25) is 0 Å². The molecule has 0 aliphatic rings. The van der Waals surface area contributed by atoms with Gasteiger partial charge in [0.2, 0.25) is 10.0 Å². The van der Waals surface area contributed by atoms with Crippen molar-refractivity contribution in [3.8, 4) is 11.1 Å². The number of carbonyl (C=O) groups is 1. The molecular weight excluding hydrogens is 409 g/mol. The molecule has 2 N–H and O–H groups in total. The number of sulfonamides is 1. The van der Waals surface area contributed by atoms with Crippen molar-refractivity contribution in [3.63, 3.8) is 0 Å². The van der Waals surface area contributed by atoms with Gasteiger partial charge in [-0.25, -0.2) is 13.1 Å². The summed E-state index contributed by atoms with van der Waals surface area (Å²) in [4.78, 5) is 12.1. The fourth-order valence-electron chi connectivity index (χ4n) is 2.50. The molecule has 10 heteroatoms. The van der Waals surface area contributed by atoms with Crippen LogP contribution in [0.4, 0.5) is 18.9 Å². The highest BCUT2D eigenvalue weighted by molar-refractivity contribution is 7.89. The number of rotatable bonds is 6. The number of halogens is 3. The van der Waals surface area contributed by atoms with Crippen LogP contribution in [-0.4, -0.2) is 27.0 Å². The van der Waals surface area contributed by atoms with Crippen molar-refractivity contribution in [1.29, 1.82) is 0 Å². The number of amides is 1. The van der Waals surface area contributed by atoms with Gasteiger partial charge < -0.3 is 9.73 Å². The van der Waals surface area contributed by atoms with Crippen LogP contribution in [0.1, 0.15) is 10.6 Å². The number of furan rings is 1. The number of anilines is 1.